The van der Waals surface area contributed by atoms with Gasteiger partial charge in [-0.2, -0.15) is 10.2 Å². The zero-order valence-corrected chi connectivity index (χ0v) is 14.2. The van der Waals surface area contributed by atoms with E-state index in [0.717, 1.165) is 54.0 Å². The summed E-state index contributed by atoms with van der Waals surface area (Å²) < 4.78 is 5.29. The first-order chi connectivity index (χ1) is 12.8. The van der Waals surface area contributed by atoms with Gasteiger partial charge < -0.3 is 9.73 Å². The molecule has 0 radical (unpaired) electrons. The van der Waals surface area contributed by atoms with Gasteiger partial charge in [0.2, 0.25) is 5.95 Å². The minimum Gasteiger partial charge on any atom is -0.432 e. The molecule has 1 aromatic carbocycles. The van der Waals surface area contributed by atoms with Crippen molar-refractivity contribution in [3.05, 3.63) is 53.5 Å². The van der Waals surface area contributed by atoms with Crippen LogP contribution in [0.25, 0.3) is 0 Å². The van der Waals surface area contributed by atoms with Gasteiger partial charge in [0.25, 0.3) is 6.01 Å². The van der Waals surface area contributed by atoms with Gasteiger partial charge in [-0.15, -0.1) is 0 Å². The van der Waals surface area contributed by atoms with Crippen molar-refractivity contribution >= 4 is 23.5 Å². The molecule has 1 aliphatic carbocycles. The molecule has 0 aliphatic heterocycles. The van der Waals surface area contributed by atoms with Crippen LogP contribution >= 0.6 is 0 Å². The number of hydrogen-bond acceptors (Lipinski definition) is 7. The Kier molecular flexibility index (Phi) is 4.48. The number of nitrogens with one attached hydrogen (secondary N) is 2. The Balaban J connectivity index is 1.62. The average Bonchev–Trinajstić information content (AvgIpc) is 3.17. The minimum atomic E-state index is 0.403. The van der Waals surface area contributed by atoms with Gasteiger partial charge in [0.1, 0.15) is 12.1 Å². The number of nitriles is 1. The second-order valence-electron chi connectivity index (χ2n) is 6.15. The molecule has 26 heavy (non-hydrogen) atoms. The summed E-state index contributed by atoms with van der Waals surface area (Å²) in [6.07, 6.45) is 7.67. The number of fused-ring (bicyclic) bond motifs is 1. The van der Waals surface area contributed by atoms with Gasteiger partial charge in [0.15, 0.2) is 0 Å². The lowest BCUT2D eigenvalue weighted by atomic mass is 9.96. The maximum Gasteiger partial charge on any atom is 0.300 e. The molecule has 0 saturated heterocycles. The Hall–Kier alpha value is -3.40. The van der Waals surface area contributed by atoms with Crippen LogP contribution in [0, 0.1) is 11.3 Å². The molecular formula is C19H18N6O. The molecule has 7 nitrogen and oxygen atoms in total. The van der Waals surface area contributed by atoms with Crippen LogP contribution < -0.4 is 10.6 Å². The van der Waals surface area contributed by atoms with Crippen molar-refractivity contribution in [3.8, 4) is 6.07 Å². The summed E-state index contributed by atoms with van der Waals surface area (Å²) in [5.74, 6) is 1.27. The topological polar surface area (TPSA) is 99.7 Å². The van der Waals surface area contributed by atoms with Crippen LogP contribution in [0.5, 0.6) is 0 Å². The van der Waals surface area contributed by atoms with Crippen molar-refractivity contribution in [2.75, 3.05) is 10.6 Å². The summed E-state index contributed by atoms with van der Waals surface area (Å²) in [5.41, 5.74) is 4.05. The summed E-state index contributed by atoms with van der Waals surface area (Å²) in [4.78, 5) is 13.4. The first kappa shape index (κ1) is 16.1. The van der Waals surface area contributed by atoms with E-state index in [2.05, 4.69) is 26.7 Å². The van der Waals surface area contributed by atoms with Crippen molar-refractivity contribution in [1.29, 1.82) is 5.26 Å². The van der Waals surface area contributed by atoms with Crippen molar-refractivity contribution < 1.29 is 4.42 Å². The summed E-state index contributed by atoms with van der Waals surface area (Å²) in [6.45, 7) is 0. The molecule has 2 N–H and O–H groups in total. The van der Waals surface area contributed by atoms with E-state index in [1.54, 1.807) is 6.20 Å². The third-order valence-electron chi connectivity index (χ3n) is 4.33. The van der Waals surface area contributed by atoms with E-state index in [4.69, 9.17) is 14.7 Å². The number of oxazole rings is 1. The molecule has 0 saturated carbocycles. The third kappa shape index (κ3) is 3.49. The normalized spacial score (nSPS) is 12.9. The van der Waals surface area contributed by atoms with Crippen LogP contribution in [0.2, 0.25) is 0 Å². The molecule has 0 unspecified atom stereocenters. The summed E-state index contributed by atoms with van der Waals surface area (Å²) in [5, 5.41) is 15.2. The highest BCUT2D eigenvalue weighted by Crippen LogP contribution is 2.29. The van der Waals surface area contributed by atoms with Gasteiger partial charge in [-0.25, -0.2) is 9.97 Å². The van der Waals surface area contributed by atoms with E-state index in [1.807, 2.05) is 24.3 Å². The average molecular weight is 346 g/mol. The molecule has 130 valence electrons. The van der Waals surface area contributed by atoms with Gasteiger partial charge >= 0.3 is 0 Å². The molecule has 0 bridgehead atoms. The van der Waals surface area contributed by atoms with Crippen LogP contribution in [0.4, 0.5) is 23.5 Å². The maximum absolute atomic E-state index is 8.77. The Morgan fingerprint density at radius 1 is 1.08 bits per heavy atom. The van der Waals surface area contributed by atoms with Crippen molar-refractivity contribution in [2.24, 2.45) is 0 Å². The van der Waals surface area contributed by atoms with Crippen LogP contribution in [-0.4, -0.2) is 15.0 Å². The maximum atomic E-state index is 8.77. The number of nitrogens with zero attached hydrogens (tertiary/aromatic N) is 4. The van der Waals surface area contributed by atoms with Gasteiger partial charge in [-0.05, 0) is 43.4 Å². The van der Waals surface area contributed by atoms with Gasteiger partial charge in [-0.3, -0.25) is 5.32 Å². The largest absolute Gasteiger partial charge is 0.432 e. The van der Waals surface area contributed by atoms with Gasteiger partial charge in [0, 0.05) is 11.3 Å². The second-order valence-corrected chi connectivity index (χ2v) is 6.15. The Morgan fingerprint density at radius 2 is 1.92 bits per heavy atom. The molecule has 0 fully saturated rings. The highest BCUT2D eigenvalue weighted by atomic mass is 16.4. The van der Waals surface area contributed by atoms with E-state index in [0.29, 0.717) is 18.4 Å². The molecule has 7 heteroatoms. The molecule has 3 aromatic rings. The summed E-state index contributed by atoms with van der Waals surface area (Å²) in [6, 6.07) is 10.3. The lowest BCUT2D eigenvalue weighted by Crippen LogP contribution is -2.13. The molecule has 2 heterocycles. The van der Waals surface area contributed by atoms with Crippen LogP contribution in [-0.2, 0) is 19.3 Å². The number of anilines is 4. The molecule has 1 aliphatic rings. The summed E-state index contributed by atoms with van der Waals surface area (Å²) in [7, 11) is 0. The number of rotatable bonds is 5. The predicted molar refractivity (Wildman–Crippen MR) is 97.5 cm³/mol. The zero-order valence-electron chi connectivity index (χ0n) is 14.2. The van der Waals surface area contributed by atoms with Crippen molar-refractivity contribution in [2.45, 2.75) is 32.1 Å². The molecule has 4 rings (SSSR count). The quantitative estimate of drug-likeness (QED) is 0.722. The lowest BCUT2D eigenvalue weighted by molar-refractivity contribution is 0.576. The zero-order chi connectivity index (χ0) is 17.8. The molecule has 0 spiro atoms. The van der Waals surface area contributed by atoms with Gasteiger partial charge in [-0.1, -0.05) is 12.1 Å². The van der Waals surface area contributed by atoms with E-state index in [-0.39, 0.29) is 0 Å². The molecule has 0 atom stereocenters. The third-order valence-corrected chi connectivity index (χ3v) is 4.33. The predicted octanol–water partition coefficient (Wildman–Crippen LogP) is 3.90. The summed E-state index contributed by atoms with van der Waals surface area (Å²) >= 11 is 0. The fourth-order valence-electron chi connectivity index (χ4n) is 3.07. The SMILES string of the molecule is N#CCc1ccc(Nc2nc3c(c(Nc4ncco4)n2)CCCC3)cc1. The molecule has 0 amide bonds. The van der Waals surface area contributed by atoms with Crippen molar-refractivity contribution in [1.82, 2.24) is 15.0 Å². The highest BCUT2D eigenvalue weighted by Gasteiger charge is 2.19. The minimum absolute atomic E-state index is 0.403. The highest BCUT2D eigenvalue weighted by molar-refractivity contribution is 5.60. The van der Waals surface area contributed by atoms with E-state index < -0.39 is 0 Å². The monoisotopic (exact) mass is 346 g/mol. The second kappa shape index (κ2) is 7.23. The molecule has 2 aromatic heterocycles. The first-order valence-electron chi connectivity index (χ1n) is 8.61. The van der Waals surface area contributed by atoms with E-state index in [9.17, 15) is 0 Å². The number of hydrogen-bond donors (Lipinski definition) is 2. The Morgan fingerprint density at radius 3 is 2.69 bits per heavy atom. The fourth-order valence-corrected chi connectivity index (χ4v) is 3.07. The Labute approximate surface area is 151 Å². The van der Waals surface area contributed by atoms with E-state index >= 15 is 0 Å². The van der Waals surface area contributed by atoms with Gasteiger partial charge in [0.05, 0.1) is 24.4 Å². The van der Waals surface area contributed by atoms with Crippen LogP contribution in [0.3, 0.4) is 0 Å². The standard InChI is InChI=1S/C19H18N6O/c20-10-9-13-5-7-14(8-6-13)22-18-23-16-4-2-1-3-15(16)17(24-18)25-19-21-11-12-26-19/h5-8,11-12H,1-4,9H2,(H2,21,22,23,24,25). The fraction of sp³-hybridized carbons (Fsp3) is 0.263. The Bertz CT molecular complexity index is 928. The first-order valence-corrected chi connectivity index (χ1v) is 8.61. The number of aromatic nitrogens is 3. The smallest absolute Gasteiger partial charge is 0.300 e. The molecular weight excluding hydrogens is 328 g/mol. The number of aryl methyl sites for hydroxylation is 1. The van der Waals surface area contributed by atoms with Crippen LogP contribution in [0.1, 0.15) is 29.7 Å². The van der Waals surface area contributed by atoms with Crippen LogP contribution in [0.15, 0.2) is 41.1 Å². The lowest BCUT2D eigenvalue weighted by Gasteiger charge is -2.19. The van der Waals surface area contributed by atoms with E-state index in [1.165, 1.54) is 6.26 Å². The number of benzene rings is 1. The van der Waals surface area contributed by atoms with Crippen molar-refractivity contribution in [3.63, 3.8) is 0 Å².